The summed E-state index contributed by atoms with van der Waals surface area (Å²) < 4.78 is 0. The van der Waals surface area contributed by atoms with E-state index < -0.39 is 0 Å². The SMILES string of the molecule is O=C(CCC1CCCC1)NCC(=O)N1CCNCC1c1ccccc1Cl. The summed E-state index contributed by atoms with van der Waals surface area (Å²) >= 11 is 6.32. The van der Waals surface area contributed by atoms with Crippen molar-refractivity contribution in [2.24, 2.45) is 5.92 Å². The summed E-state index contributed by atoms with van der Waals surface area (Å²) in [7, 11) is 0. The Labute approximate surface area is 160 Å². The molecule has 1 unspecified atom stereocenters. The first-order valence-electron chi connectivity index (χ1n) is 9.66. The van der Waals surface area contributed by atoms with Crippen LogP contribution in [0.25, 0.3) is 0 Å². The first-order chi connectivity index (χ1) is 12.6. The number of nitrogens with zero attached hydrogens (tertiary/aromatic N) is 1. The highest BCUT2D eigenvalue weighted by Gasteiger charge is 2.29. The molecule has 5 nitrogen and oxygen atoms in total. The Kier molecular flexibility index (Phi) is 6.92. The predicted octanol–water partition coefficient (Wildman–Crippen LogP) is 2.90. The highest BCUT2D eigenvalue weighted by molar-refractivity contribution is 6.31. The van der Waals surface area contributed by atoms with Crippen LogP contribution in [-0.2, 0) is 9.59 Å². The third-order valence-corrected chi connectivity index (χ3v) is 5.86. The van der Waals surface area contributed by atoms with Gasteiger partial charge in [-0.05, 0) is 24.0 Å². The quantitative estimate of drug-likeness (QED) is 0.801. The number of halogens is 1. The van der Waals surface area contributed by atoms with Crippen molar-refractivity contribution >= 4 is 23.4 Å². The lowest BCUT2D eigenvalue weighted by Crippen LogP contribution is -2.51. The van der Waals surface area contributed by atoms with Crippen LogP contribution >= 0.6 is 11.6 Å². The summed E-state index contributed by atoms with van der Waals surface area (Å²) in [6.07, 6.45) is 6.52. The summed E-state index contributed by atoms with van der Waals surface area (Å²) in [5.41, 5.74) is 0.947. The molecule has 2 aliphatic rings. The number of rotatable bonds is 6. The number of benzene rings is 1. The van der Waals surface area contributed by atoms with Gasteiger partial charge >= 0.3 is 0 Å². The second-order valence-electron chi connectivity index (χ2n) is 7.29. The zero-order valence-corrected chi connectivity index (χ0v) is 15.9. The molecule has 2 fully saturated rings. The number of hydrogen-bond acceptors (Lipinski definition) is 3. The van der Waals surface area contributed by atoms with E-state index in [2.05, 4.69) is 10.6 Å². The maximum absolute atomic E-state index is 12.7. The number of amides is 2. The van der Waals surface area contributed by atoms with Crippen molar-refractivity contribution in [1.82, 2.24) is 15.5 Å². The molecule has 26 heavy (non-hydrogen) atoms. The Morgan fingerprint density at radius 1 is 1.23 bits per heavy atom. The van der Waals surface area contributed by atoms with Gasteiger partial charge in [0.15, 0.2) is 0 Å². The van der Waals surface area contributed by atoms with Crippen LogP contribution < -0.4 is 10.6 Å². The van der Waals surface area contributed by atoms with Gasteiger partial charge in [0.05, 0.1) is 12.6 Å². The van der Waals surface area contributed by atoms with E-state index in [1.165, 1.54) is 25.7 Å². The van der Waals surface area contributed by atoms with Crippen molar-refractivity contribution in [3.05, 3.63) is 34.9 Å². The number of nitrogens with one attached hydrogen (secondary N) is 2. The van der Waals surface area contributed by atoms with Crippen molar-refractivity contribution in [3.63, 3.8) is 0 Å². The summed E-state index contributed by atoms with van der Waals surface area (Å²) in [4.78, 5) is 26.6. The van der Waals surface area contributed by atoms with E-state index in [4.69, 9.17) is 11.6 Å². The summed E-state index contributed by atoms with van der Waals surface area (Å²) in [5.74, 6) is 0.620. The first kappa shape index (κ1) is 19.2. The first-order valence-corrected chi connectivity index (χ1v) is 10.0. The summed E-state index contributed by atoms with van der Waals surface area (Å²) in [6, 6.07) is 7.53. The number of carbonyl (C=O) groups excluding carboxylic acids is 2. The molecular formula is C20H28ClN3O2. The van der Waals surface area contributed by atoms with E-state index in [0.717, 1.165) is 18.5 Å². The minimum Gasteiger partial charge on any atom is -0.347 e. The number of hydrogen-bond donors (Lipinski definition) is 2. The minimum atomic E-state index is -0.0969. The molecule has 3 rings (SSSR count). The zero-order valence-electron chi connectivity index (χ0n) is 15.2. The zero-order chi connectivity index (χ0) is 18.4. The third-order valence-electron chi connectivity index (χ3n) is 5.52. The van der Waals surface area contributed by atoms with E-state index >= 15 is 0 Å². The van der Waals surface area contributed by atoms with Gasteiger partial charge < -0.3 is 15.5 Å². The van der Waals surface area contributed by atoms with Crippen LogP contribution in [0.3, 0.4) is 0 Å². The van der Waals surface area contributed by atoms with Crippen LogP contribution in [0.1, 0.15) is 50.1 Å². The topological polar surface area (TPSA) is 61.4 Å². The van der Waals surface area contributed by atoms with Gasteiger partial charge in [0.2, 0.25) is 11.8 Å². The molecule has 142 valence electrons. The molecule has 6 heteroatoms. The van der Waals surface area contributed by atoms with Gasteiger partial charge in [-0.1, -0.05) is 55.5 Å². The fraction of sp³-hybridized carbons (Fsp3) is 0.600. The average Bonchev–Trinajstić information content (AvgIpc) is 3.18. The molecule has 1 saturated carbocycles. The second kappa shape index (κ2) is 9.38. The van der Waals surface area contributed by atoms with Gasteiger partial charge in [0, 0.05) is 31.1 Å². The van der Waals surface area contributed by atoms with Gasteiger partial charge in [0.1, 0.15) is 0 Å². The molecule has 0 aromatic heterocycles. The van der Waals surface area contributed by atoms with Gasteiger partial charge in [-0.15, -0.1) is 0 Å². The fourth-order valence-corrected chi connectivity index (χ4v) is 4.29. The lowest BCUT2D eigenvalue weighted by atomic mass is 10.0. The molecule has 1 saturated heterocycles. The molecule has 1 heterocycles. The second-order valence-corrected chi connectivity index (χ2v) is 7.70. The van der Waals surface area contributed by atoms with Crippen molar-refractivity contribution in [2.75, 3.05) is 26.2 Å². The van der Waals surface area contributed by atoms with Crippen molar-refractivity contribution in [3.8, 4) is 0 Å². The summed E-state index contributed by atoms with van der Waals surface area (Å²) in [6.45, 7) is 2.10. The van der Waals surface area contributed by atoms with Crippen LogP contribution in [0.4, 0.5) is 0 Å². The standard InChI is InChI=1S/C20H28ClN3O2/c21-17-8-4-3-7-16(17)18-13-22-11-12-24(18)20(26)14-23-19(25)10-9-15-5-1-2-6-15/h3-4,7-8,15,18,22H,1-2,5-6,9-14H2,(H,23,25). The maximum Gasteiger partial charge on any atom is 0.242 e. The summed E-state index contributed by atoms with van der Waals surface area (Å²) in [5, 5.41) is 6.79. The molecule has 1 atom stereocenters. The van der Waals surface area contributed by atoms with Crippen LogP contribution in [0, 0.1) is 5.92 Å². The molecule has 1 aromatic rings. The molecule has 1 aromatic carbocycles. The van der Waals surface area contributed by atoms with Crippen molar-refractivity contribution in [2.45, 2.75) is 44.6 Å². The smallest absolute Gasteiger partial charge is 0.242 e. The van der Waals surface area contributed by atoms with E-state index in [0.29, 0.717) is 30.5 Å². The Morgan fingerprint density at radius 2 is 2.00 bits per heavy atom. The average molecular weight is 378 g/mol. The highest BCUT2D eigenvalue weighted by Crippen LogP contribution is 2.29. The van der Waals surface area contributed by atoms with Crippen LogP contribution in [0.2, 0.25) is 5.02 Å². The monoisotopic (exact) mass is 377 g/mol. The molecule has 0 radical (unpaired) electrons. The number of carbonyl (C=O) groups is 2. The van der Waals surface area contributed by atoms with Gasteiger partial charge in [0.25, 0.3) is 0 Å². The molecule has 2 amide bonds. The largest absolute Gasteiger partial charge is 0.347 e. The molecule has 0 bridgehead atoms. The molecule has 0 spiro atoms. The minimum absolute atomic E-state index is 0.0188. The lowest BCUT2D eigenvalue weighted by Gasteiger charge is -2.37. The predicted molar refractivity (Wildman–Crippen MR) is 103 cm³/mol. The van der Waals surface area contributed by atoms with E-state index in [1.54, 1.807) is 0 Å². The molecule has 1 aliphatic carbocycles. The van der Waals surface area contributed by atoms with Gasteiger partial charge in [-0.25, -0.2) is 0 Å². The normalized spacial score (nSPS) is 21.0. The Hall–Kier alpha value is -1.59. The van der Waals surface area contributed by atoms with Crippen molar-refractivity contribution in [1.29, 1.82) is 0 Å². The van der Waals surface area contributed by atoms with Gasteiger partial charge in [-0.2, -0.15) is 0 Å². The molecule has 1 aliphatic heterocycles. The maximum atomic E-state index is 12.7. The fourth-order valence-electron chi connectivity index (χ4n) is 4.02. The van der Waals surface area contributed by atoms with Crippen molar-refractivity contribution < 1.29 is 9.59 Å². The molecule has 2 N–H and O–H groups in total. The lowest BCUT2D eigenvalue weighted by molar-refractivity contribution is -0.135. The van der Waals surface area contributed by atoms with E-state index in [9.17, 15) is 9.59 Å². The van der Waals surface area contributed by atoms with Crippen LogP contribution in [-0.4, -0.2) is 42.9 Å². The van der Waals surface area contributed by atoms with Gasteiger partial charge in [-0.3, -0.25) is 9.59 Å². The number of piperazine rings is 1. The Balaban J connectivity index is 1.52. The third kappa shape index (κ3) is 4.98. The van der Waals surface area contributed by atoms with Crippen LogP contribution in [0.15, 0.2) is 24.3 Å². The Bertz CT molecular complexity index is 631. The van der Waals surface area contributed by atoms with E-state index in [-0.39, 0.29) is 24.4 Å². The van der Waals surface area contributed by atoms with E-state index in [1.807, 2.05) is 29.2 Å². The molecular weight excluding hydrogens is 350 g/mol. The highest BCUT2D eigenvalue weighted by atomic mass is 35.5. The Morgan fingerprint density at radius 3 is 2.77 bits per heavy atom. The van der Waals surface area contributed by atoms with Crippen LogP contribution in [0.5, 0.6) is 0 Å².